The van der Waals surface area contributed by atoms with Crippen LogP contribution in [0.4, 0.5) is 0 Å². The van der Waals surface area contributed by atoms with Crippen molar-refractivity contribution in [2.75, 3.05) is 5.33 Å². The molecule has 0 aliphatic carbocycles. The zero-order chi connectivity index (χ0) is 12.3. The van der Waals surface area contributed by atoms with Crippen LogP contribution in [0.15, 0.2) is 18.2 Å². The van der Waals surface area contributed by atoms with E-state index >= 15 is 0 Å². The van der Waals surface area contributed by atoms with Crippen LogP contribution in [0.1, 0.15) is 38.8 Å². The topological polar surface area (TPSA) is 0 Å². The quantitative estimate of drug-likeness (QED) is 0.672. The maximum atomic E-state index is 6.32. The predicted octanol–water partition coefficient (Wildman–Crippen LogP) is 5.21. The SMILES string of the molecule is CC(CBr)Cc1ccc(C(C)(C)C)cc1Cl. The van der Waals surface area contributed by atoms with Gasteiger partial charge in [-0.3, -0.25) is 0 Å². The molecule has 0 aromatic heterocycles. The molecule has 0 saturated heterocycles. The number of hydrogen-bond acceptors (Lipinski definition) is 0. The summed E-state index contributed by atoms with van der Waals surface area (Å²) >= 11 is 9.82. The van der Waals surface area contributed by atoms with Gasteiger partial charge in [-0.1, -0.05) is 67.4 Å². The van der Waals surface area contributed by atoms with Crippen LogP contribution in [0.5, 0.6) is 0 Å². The summed E-state index contributed by atoms with van der Waals surface area (Å²) in [6.45, 7) is 8.85. The molecular formula is C14H20BrCl. The zero-order valence-corrected chi connectivity index (χ0v) is 12.8. The van der Waals surface area contributed by atoms with Crippen LogP contribution >= 0.6 is 27.5 Å². The minimum atomic E-state index is 0.170. The van der Waals surface area contributed by atoms with Crippen LogP contribution in [0.25, 0.3) is 0 Å². The zero-order valence-electron chi connectivity index (χ0n) is 10.5. The number of rotatable bonds is 3. The highest BCUT2D eigenvalue weighted by atomic mass is 79.9. The van der Waals surface area contributed by atoms with Crippen LogP contribution < -0.4 is 0 Å². The summed E-state index contributed by atoms with van der Waals surface area (Å²) in [4.78, 5) is 0. The van der Waals surface area contributed by atoms with E-state index in [-0.39, 0.29) is 5.41 Å². The monoisotopic (exact) mass is 302 g/mol. The fourth-order valence-electron chi connectivity index (χ4n) is 1.61. The molecule has 0 aliphatic rings. The van der Waals surface area contributed by atoms with Crippen molar-refractivity contribution in [2.45, 2.75) is 39.5 Å². The second-order valence-electron chi connectivity index (χ2n) is 5.52. The van der Waals surface area contributed by atoms with Crippen molar-refractivity contribution < 1.29 is 0 Å². The van der Waals surface area contributed by atoms with E-state index in [0.717, 1.165) is 16.8 Å². The smallest absolute Gasteiger partial charge is 0.0441 e. The van der Waals surface area contributed by atoms with Crippen LogP contribution in [-0.2, 0) is 11.8 Å². The standard InChI is InChI=1S/C14H20BrCl/c1-10(9-15)7-11-5-6-12(8-13(11)16)14(2,3)4/h5-6,8,10H,7,9H2,1-4H3. The lowest BCUT2D eigenvalue weighted by molar-refractivity contribution is 0.589. The Bertz CT molecular complexity index is 352. The summed E-state index contributed by atoms with van der Waals surface area (Å²) < 4.78 is 0. The molecule has 16 heavy (non-hydrogen) atoms. The van der Waals surface area contributed by atoms with Crippen molar-refractivity contribution >= 4 is 27.5 Å². The van der Waals surface area contributed by atoms with E-state index in [4.69, 9.17) is 11.6 Å². The summed E-state index contributed by atoms with van der Waals surface area (Å²) in [7, 11) is 0. The molecule has 0 radical (unpaired) electrons. The Hall–Kier alpha value is -0.0100. The van der Waals surface area contributed by atoms with Gasteiger partial charge in [0.1, 0.15) is 0 Å². The van der Waals surface area contributed by atoms with Crippen molar-refractivity contribution in [1.82, 2.24) is 0 Å². The molecule has 0 spiro atoms. The molecule has 1 aromatic carbocycles. The summed E-state index contributed by atoms with van der Waals surface area (Å²) in [6, 6.07) is 6.47. The predicted molar refractivity (Wildman–Crippen MR) is 76.8 cm³/mol. The lowest BCUT2D eigenvalue weighted by Gasteiger charge is -2.20. The highest BCUT2D eigenvalue weighted by molar-refractivity contribution is 9.09. The average molecular weight is 304 g/mol. The van der Waals surface area contributed by atoms with Gasteiger partial charge in [-0.25, -0.2) is 0 Å². The molecule has 0 heterocycles. The second kappa shape index (κ2) is 5.55. The molecule has 0 bridgehead atoms. The van der Waals surface area contributed by atoms with E-state index < -0.39 is 0 Å². The first-order valence-electron chi connectivity index (χ1n) is 5.69. The van der Waals surface area contributed by atoms with Crippen molar-refractivity contribution in [1.29, 1.82) is 0 Å². The largest absolute Gasteiger partial charge is 0.0925 e. The molecule has 1 unspecified atom stereocenters. The van der Waals surface area contributed by atoms with Gasteiger partial charge in [-0.2, -0.15) is 0 Å². The minimum absolute atomic E-state index is 0.170. The Morgan fingerprint density at radius 3 is 2.38 bits per heavy atom. The molecular weight excluding hydrogens is 284 g/mol. The second-order valence-corrected chi connectivity index (χ2v) is 6.57. The van der Waals surface area contributed by atoms with Crippen LogP contribution in [0.2, 0.25) is 5.02 Å². The van der Waals surface area contributed by atoms with Crippen molar-refractivity contribution in [2.24, 2.45) is 5.92 Å². The summed E-state index contributed by atoms with van der Waals surface area (Å²) in [5.74, 6) is 0.623. The molecule has 0 N–H and O–H groups in total. The third-order valence-corrected chi connectivity index (χ3v) is 4.21. The summed E-state index contributed by atoms with van der Waals surface area (Å²) in [5.41, 5.74) is 2.72. The molecule has 1 aromatic rings. The Kier molecular flexibility index (Phi) is 4.88. The van der Waals surface area contributed by atoms with Gasteiger partial charge in [0.05, 0.1) is 0 Å². The highest BCUT2D eigenvalue weighted by Crippen LogP contribution is 2.28. The molecule has 0 fully saturated rings. The molecule has 0 aliphatic heterocycles. The fraction of sp³-hybridized carbons (Fsp3) is 0.571. The normalized spacial score (nSPS) is 13.9. The number of hydrogen-bond donors (Lipinski definition) is 0. The van der Waals surface area contributed by atoms with E-state index in [1.54, 1.807) is 0 Å². The van der Waals surface area contributed by atoms with Crippen LogP contribution in [0, 0.1) is 5.92 Å². The third kappa shape index (κ3) is 3.78. The first kappa shape index (κ1) is 14.1. The fourth-order valence-corrected chi connectivity index (χ4v) is 2.10. The molecule has 0 amide bonds. The number of alkyl halides is 1. The molecule has 2 heteroatoms. The molecule has 90 valence electrons. The van der Waals surface area contributed by atoms with Gasteiger partial charge in [0.2, 0.25) is 0 Å². The lowest BCUT2D eigenvalue weighted by atomic mass is 9.86. The first-order chi connectivity index (χ1) is 7.34. The van der Waals surface area contributed by atoms with Crippen molar-refractivity contribution in [3.63, 3.8) is 0 Å². The van der Waals surface area contributed by atoms with Gasteiger partial charge in [0.15, 0.2) is 0 Å². The molecule has 1 atom stereocenters. The van der Waals surface area contributed by atoms with Gasteiger partial charge in [0.25, 0.3) is 0 Å². The van der Waals surface area contributed by atoms with E-state index in [1.165, 1.54) is 11.1 Å². The van der Waals surface area contributed by atoms with Gasteiger partial charge in [0, 0.05) is 10.4 Å². The summed E-state index contributed by atoms with van der Waals surface area (Å²) in [5, 5.41) is 1.92. The maximum absolute atomic E-state index is 6.32. The first-order valence-corrected chi connectivity index (χ1v) is 7.19. The van der Waals surface area contributed by atoms with Crippen molar-refractivity contribution in [3.8, 4) is 0 Å². The molecule has 0 saturated carbocycles. The lowest BCUT2D eigenvalue weighted by Crippen LogP contribution is -2.11. The van der Waals surface area contributed by atoms with E-state index in [2.05, 4.69) is 61.8 Å². The number of halogens is 2. The Morgan fingerprint density at radius 1 is 1.31 bits per heavy atom. The Labute approximate surface area is 113 Å². The minimum Gasteiger partial charge on any atom is -0.0925 e. The summed E-state index contributed by atoms with van der Waals surface area (Å²) in [6.07, 6.45) is 1.04. The number of benzene rings is 1. The van der Waals surface area contributed by atoms with Crippen LogP contribution in [0.3, 0.4) is 0 Å². The molecule has 1 rings (SSSR count). The van der Waals surface area contributed by atoms with E-state index in [1.807, 2.05) is 0 Å². The van der Waals surface area contributed by atoms with Gasteiger partial charge >= 0.3 is 0 Å². The molecule has 0 nitrogen and oxygen atoms in total. The third-order valence-electron chi connectivity index (χ3n) is 2.75. The van der Waals surface area contributed by atoms with Gasteiger partial charge < -0.3 is 0 Å². The Balaban J connectivity index is 2.92. The highest BCUT2D eigenvalue weighted by Gasteiger charge is 2.15. The Morgan fingerprint density at radius 2 is 1.94 bits per heavy atom. The maximum Gasteiger partial charge on any atom is 0.0441 e. The van der Waals surface area contributed by atoms with E-state index in [0.29, 0.717) is 5.92 Å². The van der Waals surface area contributed by atoms with Gasteiger partial charge in [-0.15, -0.1) is 0 Å². The van der Waals surface area contributed by atoms with Crippen molar-refractivity contribution in [3.05, 3.63) is 34.3 Å². The van der Waals surface area contributed by atoms with Crippen LogP contribution in [-0.4, -0.2) is 5.33 Å². The van der Waals surface area contributed by atoms with Gasteiger partial charge in [-0.05, 0) is 34.9 Å². The average Bonchev–Trinajstić information content (AvgIpc) is 2.19. The van der Waals surface area contributed by atoms with E-state index in [9.17, 15) is 0 Å².